The molecular formula is C119H196FNO16P2. The highest BCUT2D eigenvalue weighted by Crippen LogP contribution is 2.62. The molecule has 2 heterocycles. The van der Waals surface area contributed by atoms with E-state index in [-0.39, 0.29) is 12.5 Å². The molecule has 0 aliphatic carbocycles. The van der Waals surface area contributed by atoms with Gasteiger partial charge in [0.25, 0.3) is 0 Å². The first-order valence-corrected chi connectivity index (χ1v) is 55.8. The average Bonchev–Trinajstić information content (AvgIpc) is 0.776. The van der Waals surface area contributed by atoms with Crippen LogP contribution in [0.5, 0.6) is 0 Å². The second-order valence-electron chi connectivity index (χ2n) is 41.1. The van der Waals surface area contributed by atoms with Gasteiger partial charge in [0.2, 0.25) is 12.2 Å². The number of amides is 1. The zero-order chi connectivity index (χ0) is 104. The van der Waals surface area contributed by atoms with E-state index in [2.05, 4.69) is 277 Å². The number of aliphatic hydroxyl groups excluding tert-OH is 5. The molecule has 0 radical (unpaired) electrons. The number of alkyl halides is 1. The van der Waals surface area contributed by atoms with Crippen LogP contribution in [0.25, 0.3) is 0 Å². The summed E-state index contributed by atoms with van der Waals surface area (Å²) in [5.74, 6) is -0.676. The molecule has 139 heavy (non-hydrogen) atoms. The number of aliphatic hydroxyl groups is 5. The summed E-state index contributed by atoms with van der Waals surface area (Å²) in [6, 6.07) is -1.51. The summed E-state index contributed by atoms with van der Waals surface area (Å²) in [5, 5.41) is 53.8. The number of hydrogen-bond acceptors (Lipinski definition) is 14. The van der Waals surface area contributed by atoms with E-state index >= 15 is 4.39 Å². The minimum Gasteiger partial charge on any atom is -0.394 e. The van der Waals surface area contributed by atoms with Gasteiger partial charge >= 0.3 is 15.6 Å². The topological polar surface area (TPSA) is 260 Å². The first kappa shape index (κ1) is 129. The van der Waals surface area contributed by atoms with Crippen LogP contribution in [0, 0.1) is 5.92 Å². The highest BCUT2D eigenvalue weighted by molar-refractivity contribution is 7.61. The van der Waals surface area contributed by atoms with Crippen LogP contribution >= 0.6 is 15.6 Å². The van der Waals surface area contributed by atoms with Crippen molar-refractivity contribution in [3.63, 3.8) is 0 Å². The van der Waals surface area contributed by atoms with Crippen molar-refractivity contribution in [1.29, 1.82) is 0 Å². The van der Waals surface area contributed by atoms with Crippen molar-refractivity contribution in [2.75, 3.05) is 19.8 Å². The number of carbonyl (C=O) groups is 1. The fourth-order valence-electron chi connectivity index (χ4n) is 16.8. The van der Waals surface area contributed by atoms with Gasteiger partial charge in [-0.25, -0.2) is 13.5 Å². The second-order valence-corrected chi connectivity index (χ2v) is 44.1. The smallest absolute Gasteiger partial charge is 0.394 e. The number of rotatable bonds is 73. The van der Waals surface area contributed by atoms with Crippen molar-refractivity contribution >= 4 is 21.6 Å². The average molecular weight is 1980 g/mol. The number of allylic oxidation sites excluding steroid dienone is 40. The SMILES string of the molecule is CC(=O)N[C@H]1[C@H](O[C@H]2[C@H](O)[C@@H](F)[C@@H](OP(=O)(O)OP(=O)(O)OCC[C@@H](C)CC/C=C(/C)CC/C=C(/C)CC/C=C(/C)CC/C=C(/C)CC/C=C(/C)CC/C=C(/C)CC/C=C(/C)CC/C=C(/C)CC/C=C(/C)CC/C=C(/C)CC/C=C(/C)CC/C=C(/C)CC/C=C(/C)CC/C=C(/C)CC/C=C(/C)CC/C=C(/C)CC/C=C(/C)CC/C=C(\C)CC/C=C(\C)CCC=C(C)C)O[C@@H]2CO)O[C@H](CO)[C@@H](O)[C@@H]1O. The van der Waals surface area contributed by atoms with E-state index in [4.69, 9.17) is 23.3 Å². The highest BCUT2D eigenvalue weighted by atomic mass is 31.3. The Kier molecular flexibility index (Phi) is 70.5. The lowest BCUT2D eigenvalue weighted by Crippen LogP contribution is -2.67. The molecule has 20 heteroatoms. The number of carbonyl (C=O) groups excluding carboxylic acids is 1. The van der Waals surface area contributed by atoms with E-state index in [9.17, 15) is 49.2 Å². The minimum absolute atomic E-state index is 0.0249. The van der Waals surface area contributed by atoms with Crippen molar-refractivity contribution in [2.24, 2.45) is 5.92 Å². The summed E-state index contributed by atoms with van der Waals surface area (Å²) >= 11 is 0. The monoisotopic (exact) mass is 1980 g/mol. The van der Waals surface area contributed by atoms with Crippen molar-refractivity contribution < 1.29 is 81.2 Å². The molecule has 2 unspecified atom stereocenters. The van der Waals surface area contributed by atoms with Crippen LogP contribution in [0.2, 0.25) is 0 Å². The fraction of sp³-hybridized carbons (Fsp3) is 0.655. The number of hydrogen-bond donors (Lipinski definition) is 8. The molecule has 13 atom stereocenters. The summed E-state index contributed by atoms with van der Waals surface area (Å²) in [5.41, 5.74) is 29.6. The number of nitrogens with one attached hydrogen (secondary N) is 1. The largest absolute Gasteiger partial charge is 0.483 e. The van der Waals surface area contributed by atoms with E-state index in [0.717, 1.165) is 244 Å². The van der Waals surface area contributed by atoms with E-state index in [1.807, 2.05) is 6.92 Å². The lowest BCUT2D eigenvalue weighted by molar-refractivity contribution is -0.332. The van der Waals surface area contributed by atoms with Crippen molar-refractivity contribution in [1.82, 2.24) is 5.32 Å². The molecule has 0 aromatic carbocycles. The summed E-state index contributed by atoms with van der Waals surface area (Å²) in [6.07, 6.45) is 75.0. The van der Waals surface area contributed by atoms with Gasteiger partial charge in [0.15, 0.2) is 12.5 Å². The Morgan fingerprint density at radius 2 is 0.540 bits per heavy atom. The maximum Gasteiger partial charge on any atom is 0.483 e. The summed E-state index contributed by atoms with van der Waals surface area (Å²) in [7, 11) is -10.9. The molecule has 790 valence electrons. The van der Waals surface area contributed by atoms with Gasteiger partial charge < -0.3 is 54.8 Å². The molecular weight excluding hydrogens is 1780 g/mol. The van der Waals surface area contributed by atoms with Gasteiger partial charge in [-0.05, 0) is 415 Å². The Bertz CT molecular complexity index is 4320. The third kappa shape index (κ3) is 66.0. The molecule has 2 aliphatic rings. The van der Waals surface area contributed by atoms with Crippen LogP contribution in [0.4, 0.5) is 4.39 Å². The first-order chi connectivity index (χ1) is 65.9. The van der Waals surface area contributed by atoms with Gasteiger partial charge in [-0.15, -0.1) is 0 Å². The van der Waals surface area contributed by atoms with Crippen molar-refractivity contribution in [3.8, 4) is 0 Å². The predicted octanol–water partition coefficient (Wildman–Crippen LogP) is 32.6. The molecule has 0 spiro atoms. The Labute approximate surface area is 845 Å². The summed E-state index contributed by atoms with van der Waals surface area (Å²) < 4.78 is 71.6. The lowest BCUT2D eigenvalue weighted by Gasteiger charge is -2.46. The maximum atomic E-state index is 15.6. The molecule has 2 aliphatic heterocycles. The van der Waals surface area contributed by atoms with Gasteiger partial charge in [0.1, 0.15) is 42.7 Å². The third-order valence-corrected chi connectivity index (χ3v) is 29.1. The Balaban J connectivity index is 1.55. The van der Waals surface area contributed by atoms with Gasteiger partial charge in [-0.2, -0.15) is 4.31 Å². The molecule has 1 amide bonds. The molecule has 2 fully saturated rings. The number of ether oxygens (including phenoxy) is 3. The maximum absolute atomic E-state index is 15.6. The summed E-state index contributed by atoms with van der Waals surface area (Å²) in [4.78, 5) is 32.5. The summed E-state index contributed by atoms with van der Waals surface area (Å²) in [6.45, 7) is 48.5. The standard InChI is InChI=1S/C119H196FNO16P2/c1-88(2)44-24-45-89(3)46-25-47-90(4)48-26-49-91(5)50-27-51-92(6)52-28-53-93(7)54-29-55-94(8)56-30-57-95(9)58-31-59-96(10)60-32-61-97(11)62-33-63-98(12)64-34-65-99(13)66-35-67-100(14)68-36-69-101(15)70-37-71-102(16)72-38-73-103(17)74-39-75-104(18)76-40-77-105(19)78-41-79-106(20)80-42-81-107(21)82-43-83-108(22)84-85-132-138(128,129)137-139(130,131)136-118-112(120)115(126)117(111(87-123)134-118)135-119-113(121-109(23)124)116(127)114(125)110(86-122)133-119/h44,46,48,50,52,54,56,58,60,62,64,66,68,70,72,74,76,78,80,82,108,110-119,122-123,125-127H,24-43,45,47,49,51,53,55,57,59,61,63,65,67,69,71,73,75,77,79,81,83-87H2,1-23H3,(H,121,124)(H,128,129)(H,130,131)/b89-46+,90-48+,91-50-,92-52-,93-54-,94-56-,95-58-,96-60-,97-62-,98-64-,99-66-,100-68-,101-70-,102-72-,103-74-,104-76-,105-78-,106-80-,107-82-/t108-,110+,111+,112+,113+,114+,115+,116+,117+,118+,119-/m0/s1. The van der Waals surface area contributed by atoms with Crippen LogP contribution in [0.15, 0.2) is 233 Å². The third-order valence-electron chi connectivity index (χ3n) is 26.4. The molecule has 2 saturated heterocycles. The Morgan fingerprint density at radius 3 is 0.763 bits per heavy atom. The zero-order valence-electron chi connectivity index (χ0n) is 91.1. The van der Waals surface area contributed by atoms with Gasteiger partial charge in [0.05, 0.1) is 19.8 Å². The van der Waals surface area contributed by atoms with Crippen LogP contribution < -0.4 is 5.32 Å². The van der Waals surface area contributed by atoms with Crippen LogP contribution in [-0.4, -0.2) is 122 Å². The number of phosphoric acid groups is 2. The van der Waals surface area contributed by atoms with E-state index in [0.29, 0.717) is 6.42 Å². The van der Waals surface area contributed by atoms with Crippen LogP contribution in [0.3, 0.4) is 0 Å². The second kappa shape index (κ2) is 75.8. The van der Waals surface area contributed by atoms with Gasteiger partial charge in [-0.1, -0.05) is 240 Å². The molecule has 17 nitrogen and oxygen atoms in total. The molecule has 0 saturated carbocycles. The van der Waals surface area contributed by atoms with Crippen molar-refractivity contribution in [3.05, 3.63) is 233 Å². The first-order valence-electron chi connectivity index (χ1n) is 52.8. The fourth-order valence-corrected chi connectivity index (χ4v) is 19.0. The molecule has 0 aromatic heterocycles. The van der Waals surface area contributed by atoms with E-state index < -0.39 is 96.2 Å². The number of phosphoric ester groups is 2. The van der Waals surface area contributed by atoms with Gasteiger partial charge in [-0.3, -0.25) is 13.8 Å². The minimum atomic E-state index is -5.66. The van der Waals surface area contributed by atoms with Crippen LogP contribution in [0.1, 0.15) is 422 Å². The van der Waals surface area contributed by atoms with Crippen LogP contribution in [-0.2, 0) is 41.5 Å². The molecule has 2 rings (SSSR count). The Morgan fingerprint density at radius 1 is 0.317 bits per heavy atom. The lowest BCUT2D eigenvalue weighted by atomic mass is 9.95. The molecule has 8 N–H and O–H groups in total. The normalized spacial score (nSPS) is 22.2. The quantitative estimate of drug-likeness (QED) is 0.0208. The van der Waals surface area contributed by atoms with Gasteiger partial charge in [0, 0.05) is 6.92 Å². The van der Waals surface area contributed by atoms with Crippen molar-refractivity contribution in [2.45, 2.75) is 484 Å². The molecule has 0 bridgehead atoms. The Hall–Kier alpha value is -5.86. The van der Waals surface area contributed by atoms with E-state index in [1.54, 1.807) is 0 Å². The van der Waals surface area contributed by atoms with E-state index in [1.165, 1.54) is 131 Å². The predicted molar refractivity (Wildman–Crippen MR) is 584 cm³/mol. The number of halogens is 1. The highest BCUT2D eigenvalue weighted by Gasteiger charge is 2.54. The molecule has 0 aromatic rings. The zero-order valence-corrected chi connectivity index (χ0v) is 92.9.